The lowest BCUT2D eigenvalue weighted by atomic mass is 10.0. The Kier molecular flexibility index (Phi) is 2.74. The lowest BCUT2D eigenvalue weighted by Gasteiger charge is -2.34. The number of likely N-dealkylation sites (tertiary alicyclic amines) is 1. The minimum Gasteiger partial charge on any atom is -0.384 e. The molecule has 19 heavy (non-hydrogen) atoms. The first-order valence-electron chi connectivity index (χ1n) is 6.81. The van der Waals surface area contributed by atoms with E-state index in [9.17, 15) is 4.79 Å². The molecule has 2 atom stereocenters. The molecule has 1 saturated heterocycles. The standard InChI is InChI=1S/C14H20N4O/c1-9-10(4-5-12(15)17-9)8-18-6-2-3-11-7-14(11,18)13(16)19/h4-5,11H,2-3,6-8H2,1H3,(H2,15,17)(H2,16,19)/t11-,14+/m1/s1. The Morgan fingerprint density at radius 2 is 2.37 bits per heavy atom. The lowest BCUT2D eigenvalue weighted by molar-refractivity contribution is -0.126. The van der Waals surface area contributed by atoms with Crippen LogP contribution in [0.2, 0.25) is 0 Å². The fourth-order valence-electron chi connectivity index (χ4n) is 3.43. The Morgan fingerprint density at radius 1 is 1.58 bits per heavy atom. The van der Waals surface area contributed by atoms with Crippen LogP contribution in [0.5, 0.6) is 0 Å². The zero-order chi connectivity index (χ0) is 13.6. The van der Waals surface area contributed by atoms with Crippen molar-refractivity contribution in [1.29, 1.82) is 0 Å². The van der Waals surface area contributed by atoms with Gasteiger partial charge in [0.15, 0.2) is 0 Å². The van der Waals surface area contributed by atoms with Crippen LogP contribution >= 0.6 is 0 Å². The van der Waals surface area contributed by atoms with Crippen LogP contribution in [-0.4, -0.2) is 27.9 Å². The predicted octanol–water partition coefficient (Wildman–Crippen LogP) is 0.812. The number of carbonyl (C=O) groups excluding carboxylic acids is 1. The van der Waals surface area contributed by atoms with E-state index in [1.165, 1.54) is 0 Å². The summed E-state index contributed by atoms with van der Waals surface area (Å²) < 4.78 is 0. The highest BCUT2D eigenvalue weighted by Crippen LogP contribution is 2.54. The van der Waals surface area contributed by atoms with Crippen LogP contribution in [-0.2, 0) is 11.3 Å². The Bertz CT molecular complexity index is 530. The first-order valence-corrected chi connectivity index (χ1v) is 6.81. The quantitative estimate of drug-likeness (QED) is 0.842. The monoisotopic (exact) mass is 260 g/mol. The molecule has 0 spiro atoms. The SMILES string of the molecule is Cc1nc(N)ccc1CN1CCC[C@@H]2C[C@@]21C(N)=O. The topological polar surface area (TPSA) is 85.2 Å². The van der Waals surface area contributed by atoms with E-state index in [0.29, 0.717) is 11.7 Å². The van der Waals surface area contributed by atoms with Gasteiger partial charge in [-0.1, -0.05) is 6.07 Å². The second-order valence-corrected chi connectivity index (χ2v) is 5.73. The van der Waals surface area contributed by atoms with Gasteiger partial charge in [-0.2, -0.15) is 0 Å². The first-order chi connectivity index (χ1) is 9.04. The smallest absolute Gasteiger partial charge is 0.238 e. The molecule has 5 heteroatoms. The fraction of sp³-hybridized carbons (Fsp3) is 0.571. The molecule has 2 fully saturated rings. The molecule has 1 aliphatic carbocycles. The number of nitrogens with two attached hydrogens (primary N) is 2. The molecule has 4 N–H and O–H groups in total. The van der Waals surface area contributed by atoms with Crippen molar-refractivity contribution in [3.05, 3.63) is 23.4 Å². The van der Waals surface area contributed by atoms with Crippen molar-refractivity contribution in [1.82, 2.24) is 9.88 Å². The number of primary amides is 1. The van der Waals surface area contributed by atoms with Gasteiger partial charge in [0.25, 0.3) is 0 Å². The number of fused-ring (bicyclic) bond motifs is 1. The molecule has 1 amide bonds. The Balaban J connectivity index is 1.84. The molecule has 1 aliphatic heterocycles. The molecule has 0 aromatic carbocycles. The van der Waals surface area contributed by atoms with Crippen molar-refractivity contribution in [2.24, 2.45) is 11.7 Å². The van der Waals surface area contributed by atoms with Gasteiger partial charge in [-0.15, -0.1) is 0 Å². The van der Waals surface area contributed by atoms with Crippen LogP contribution in [0.4, 0.5) is 5.82 Å². The van der Waals surface area contributed by atoms with E-state index < -0.39 is 0 Å². The molecule has 1 aromatic heterocycles. The van der Waals surface area contributed by atoms with Gasteiger partial charge in [0.1, 0.15) is 11.4 Å². The summed E-state index contributed by atoms with van der Waals surface area (Å²) in [5.41, 5.74) is 13.0. The average molecular weight is 260 g/mol. The molecule has 3 rings (SSSR count). The maximum Gasteiger partial charge on any atom is 0.238 e. The highest BCUT2D eigenvalue weighted by molar-refractivity contribution is 5.88. The number of nitrogen functional groups attached to an aromatic ring is 1. The molecular weight excluding hydrogens is 240 g/mol. The van der Waals surface area contributed by atoms with Gasteiger partial charge >= 0.3 is 0 Å². The van der Waals surface area contributed by atoms with Crippen molar-refractivity contribution < 1.29 is 4.79 Å². The second kappa shape index (κ2) is 4.20. The molecule has 1 saturated carbocycles. The summed E-state index contributed by atoms with van der Waals surface area (Å²) in [6, 6.07) is 3.81. The summed E-state index contributed by atoms with van der Waals surface area (Å²) in [6.07, 6.45) is 3.18. The van der Waals surface area contributed by atoms with Crippen LogP contribution in [0.3, 0.4) is 0 Å². The Morgan fingerprint density at radius 3 is 3.05 bits per heavy atom. The largest absolute Gasteiger partial charge is 0.384 e. The third-order valence-corrected chi connectivity index (χ3v) is 4.62. The third-order valence-electron chi connectivity index (χ3n) is 4.62. The minimum atomic E-state index is -0.383. The molecular formula is C14H20N4O. The number of piperidine rings is 1. The van der Waals surface area contributed by atoms with Crippen molar-refractivity contribution >= 4 is 11.7 Å². The summed E-state index contributed by atoms with van der Waals surface area (Å²) in [5.74, 6) is 0.827. The van der Waals surface area contributed by atoms with Crippen LogP contribution in [0.1, 0.15) is 30.5 Å². The summed E-state index contributed by atoms with van der Waals surface area (Å²) in [5, 5.41) is 0. The van der Waals surface area contributed by atoms with E-state index in [2.05, 4.69) is 9.88 Å². The molecule has 0 unspecified atom stereocenters. The number of anilines is 1. The highest BCUT2D eigenvalue weighted by atomic mass is 16.2. The van der Waals surface area contributed by atoms with E-state index >= 15 is 0 Å². The number of hydrogen-bond acceptors (Lipinski definition) is 4. The number of rotatable bonds is 3. The van der Waals surface area contributed by atoms with Gasteiger partial charge in [0, 0.05) is 12.2 Å². The lowest BCUT2D eigenvalue weighted by Crippen LogP contribution is -2.50. The first kappa shape index (κ1) is 12.4. The number of nitrogens with zero attached hydrogens (tertiary/aromatic N) is 2. The van der Waals surface area contributed by atoms with Gasteiger partial charge in [-0.25, -0.2) is 4.98 Å². The van der Waals surface area contributed by atoms with Gasteiger partial charge in [0.2, 0.25) is 5.91 Å². The Labute approximate surface area is 113 Å². The van der Waals surface area contributed by atoms with E-state index in [0.717, 1.165) is 43.6 Å². The van der Waals surface area contributed by atoms with E-state index in [1.807, 2.05) is 19.1 Å². The number of aryl methyl sites for hydroxylation is 1. The van der Waals surface area contributed by atoms with Crippen molar-refractivity contribution in [2.75, 3.05) is 12.3 Å². The Hall–Kier alpha value is -1.62. The van der Waals surface area contributed by atoms with Crippen LogP contribution in [0.25, 0.3) is 0 Å². The summed E-state index contributed by atoms with van der Waals surface area (Å²) in [6.45, 7) is 3.62. The number of carbonyl (C=O) groups is 1. The number of amides is 1. The molecule has 0 radical (unpaired) electrons. The zero-order valence-corrected chi connectivity index (χ0v) is 11.2. The van der Waals surface area contributed by atoms with Gasteiger partial charge in [-0.3, -0.25) is 9.69 Å². The van der Waals surface area contributed by atoms with Gasteiger partial charge in [-0.05, 0) is 50.3 Å². The van der Waals surface area contributed by atoms with Crippen LogP contribution in [0, 0.1) is 12.8 Å². The fourth-order valence-corrected chi connectivity index (χ4v) is 3.43. The maximum absolute atomic E-state index is 11.8. The normalized spacial score (nSPS) is 29.8. The number of aromatic nitrogens is 1. The molecule has 1 aromatic rings. The van der Waals surface area contributed by atoms with Crippen LogP contribution in [0.15, 0.2) is 12.1 Å². The maximum atomic E-state index is 11.8. The molecule has 5 nitrogen and oxygen atoms in total. The second-order valence-electron chi connectivity index (χ2n) is 5.73. The summed E-state index contributed by atoms with van der Waals surface area (Å²) in [4.78, 5) is 18.3. The average Bonchev–Trinajstić information content (AvgIpc) is 3.09. The van der Waals surface area contributed by atoms with Crippen molar-refractivity contribution in [3.63, 3.8) is 0 Å². The van der Waals surface area contributed by atoms with E-state index in [-0.39, 0.29) is 11.4 Å². The van der Waals surface area contributed by atoms with Gasteiger partial charge in [0.05, 0.1) is 0 Å². The predicted molar refractivity (Wildman–Crippen MR) is 73.1 cm³/mol. The third kappa shape index (κ3) is 1.89. The van der Waals surface area contributed by atoms with E-state index in [4.69, 9.17) is 11.5 Å². The van der Waals surface area contributed by atoms with Gasteiger partial charge < -0.3 is 11.5 Å². The molecule has 2 aliphatic rings. The minimum absolute atomic E-state index is 0.168. The van der Waals surface area contributed by atoms with E-state index in [1.54, 1.807) is 0 Å². The van der Waals surface area contributed by atoms with Crippen molar-refractivity contribution in [2.45, 2.75) is 38.3 Å². The molecule has 102 valence electrons. The zero-order valence-electron chi connectivity index (χ0n) is 11.2. The van der Waals surface area contributed by atoms with Crippen molar-refractivity contribution in [3.8, 4) is 0 Å². The molecule has 0 bridgehead atoms. The summed E-state index contributed by atoms with van der Waals surface area (Å²) >= 11 is 0. The molecule has 2 heterocycles. The number of hydrogen-bond donors (Lipinski definition) is 2. The highest BCUT2D eigenvalue weighted by Gasteiger charge is 2.63. The number of pyridine rings is 1. The summed E-state index contributed by atoms with van der Waals surface area (Å²) in [7, 11) is 0. The van der Waals surface area contributed by atoms with Crippen LogP contribution < -0.4 is 11.5 Å².